The first kappa shape index (κ1) is 9.85. The van der Waals surface area contributed by atoms with Crippen LogP contribution in [0.1, 0.15) is 12.8 Å². The van der Waals surface area contributed by atoms with Crippen LogP contribution < -0.4 is 5.32 Å². The van der Waals surface area contributed by atoms with E-state index in [1.165, 1.54) is 0 Å². The second kappa shape index (κ2) is 4.13. The average molecular weight is 185 g/mol. The van der Waals surface area contributed by atoms with Gasteiger partial charge in [0, 0.05) is 12.5 Å². The van der Waals surface area contributed by atoms with Gasteiger partial charge in [0.2, 0.25) is 5.78 Å². The van der Waals surface area contributed by atoms with Crippen molar-refractivity contribution >= 4 is 17.5 Å². The number of carbonyl (C=O) groups excluding carboxylic acids is 3. The summed E-state index contributed by atoms with van der Waals surface area (Å²) in [5.74, 6) is -2.82. The van der Waals surface area contributed by atoms with Crippen molar-refractivity contribution in [2.45, 2.75) is 18.9 Å². The van der Waals surface area contributed by atoms with E-state index in [0.29, 0.717) is 0 Å². The molecular weight excluding hydrogens is 174 g/mol. The number of rotatable bonds is 4. The summed E-state index contributed by atoms with van der Waals surface area (Å²) >= 11 is 0. The van der Waals surface area contributed by atoms with Crippen LogP contribution in [-0.4, -0.2) is 37.2 Å². The molecule has 1 atom stereocenters. The normalized spacial score (nSPS) is 20.2. The average Bonchev–Trinajstić information content (AvgIpc) is 2.08. The van der Waals surface area contributed by atoms with E-state index in [4.69, 9.17) is 0 Å². The van der Waals surface area contributed by atoms with Crippen molar-refractivity contribution in [2.24, 2.45) is 0 Å². The first-order chi connectivity index (χ1) is 6.15. The molecule has 72 valence electrons. The largest absolute Gasteiger partial charge is 0.463 e. The highest BCUT2D eigenvalue weighted by atomic mass is 16.5. The molecule has 1 saturated heterocycles. The van der Waals surface area contributed by atoms with Gasteiger partial charge in [-0.15, -0.1) is 0 Å². The smallest absolute Gasteiger partial charge is 0.382 e. The Morgan fingerprint density at radius 3 is 2.46 bits per heavy atom. The number of methoxy groups -OCH3 is 1. The number of esters is 1. The third kappa shape index (κ3) is 2.35. The number of hydrogen-bond acceptors (Lipinski definition) is 5. The van der Waals surface area contributed by atoms with Crippen LogP contribution in [0.2, 0.25) is 0 Å². The van der Waals surface area contributed by atoms with Crippen LogP contribution in [0, 0.1) is 0 Å². The van der Waals surface area contributed by atoms with E-state index in [1.54, 1.807) is 0 Å². The predicted octanol–water partition coefficient (Wildman–Crippen LogP) is -0.950. The summed E-state index contributed by atoms with van der Waals surface area (Å²) in [5.41, 5.74) is 0. The summed E-state index contributed by atoms with van der Waals surface area (Å²) in [4.78, 5) is 32.6. The van der Waals surface area contributed by atoms with Gasteiger partial charge in [0.15, 0.2) is 0 Å². The molecule has 0 bridgehead atoms. The zero-order valence-corrected chi connectivity index (χ0v) is 7.33. The third-order valence-electron chi connectivity index (χ3n) is 1.98. The Balaban J connectivity index is 2.37. The summed E-state index contributed by atoms with van der Waals surface area (Å²) < 4.78 is 4.14. The highest BCUT2D eigenvalue weighted by Gasteiger charge is 2.28. The Kier molecular flexibility index (Phi) is 3.13. The van der Waals surface area contributed by atoms with Gasteiger partial charge < -0.3 is 10.1 Å². The molecule has 0 saturated carbocycles. The summed E-state index contributed by atoms with van der Waals surface area (Å²) in [6.07, 6.45) is 0.966. The van der Waals surface area contributed by atoms with Gasteiger partial charge in [-0.2, -0.15) is 0 Å². The fourth-order valence-corrected chi connectivity index (χ4v) is 1.05. The number of ether oxygens (including phenoxy) is 1. The van der Waals surface area contributed by atoms with Crippen LogP contribution in [0.4, 0.5) is 0 Å². The summed E-state index contributed by atoms with van der Waals surface area (Å²) in [6, 6.07) is 0.0566. The van der Waals surface area contributed by atoms with Crippen LogP contribution >= 0.6 is 0 Å². The Hall–Kier alpha value is -1.23. The Morgan fingerprint density at radius 2 is 2.08 bits per heavy atom. The molecule has 1 unspecified atom stereocenters. The van der Waals surface area contributed by atoms with Crippen LogP contribution in [0.15, 0.2) is 0 Å². The Labute approximate surface area is 75.4 Å². The van der Waals surface area contributed by atoms with Crippen molar-refractivity contribution < 1.29 is 19.1 Å². The minimum Gasteiger partial charge on any atom is -0.463 e. The van der Waals surface area contributed by atoms with E-state index in [9.17, 15) is 14.4 Å². The van der Waals surface area contributed by atoms with Crippen LogP contribution in [-0.2, 0) is 19.1 Å². The van der Waals surface area contributed by atoms with E-state index in [2.05, 4.69) is 10.1 Å². The van der Waals surface area contributed by atoms with Gasteiger partial charge in [-0.3, -0.25) is 9.59 Å². The summed E-state index contributed by atoms with van der Waals surface area (Å²) in [7, 11) is 1.08. The van der Waals surface area contributed by atoms with Crippen molar-refractivity contribution in [3.05, 3.63) is 0 Å². The zero-order chi connectivity index (χ0) is 9.84. The molecule has 5 nitrogen and oxygen atoms in total. The monoisotopic (exact) mass is 185 g/mol. The minimum absolute atomic E-state index is 0.0566. The molecule has 1 fully saturated rings. The quantitative estimate of drug-likeness (QED) is 0.347. The maximum Gasteiger partial charge on any atom is 0.382 e. The molecule has 0 aromatic carbocycles. The van der Waals surface area contributed by atoms with Crippen molar-refractivity contribution in [3.8, 4) is 0 Å². The molecule has 13 heavy (non-hydrogen) atoms. The van der Waals surface area contributed by atoms with Crippen LogP contribution in [0.25, 0.3) is 0 Å². The van der Waals surface area contributed by atoms with Gasteiger partial charge in [0.25, 0.3) is 0 Å². The SMILES string of the molecule is COC(=O)C(=O)C(=O)CC1CCN1. The Morgan fingerprint density at radius 1 is 1.46 bits per heavy atom. The van der Waals surface area contributed by atoms with E-state index in [-0.39, 0.29) is 12.5 Å². The second-order valence-corrected chi connectivity index (χ2v) is 2.89. The predicted molar refractivity (Wildman–Crippen MR) is 43.1 cm³/mol. The van der Waals surface area contributed by atoms with Gasteiger partial charge in [0.05, 0.1) is 7.11 Å². The third-order valence-corrected chi connectivity index (χ3v) is 1.98. The molecule has 1 aliphatic heterocycles. The van der Waals surface area contributed by atoms with Crippen molar-refractivity contribution in [2.75, 3.05) is 13.7 Å². The van der Waals surface area contributed by atoms with Gasteiger partial charge >= 0.3 is 11.8 Å². The highest BCUT2D eigenvalue weighted by Crippen LogP contribution is 2.07. The zero-order valence-electron chi connectivity index (χ0n) is 7.33. The van der Waals surface area contributed by atoms with Crippen molar-refractivity contribution in [1.29, 1.82) is 0 Å². The molecular formula is C8H11NO4. The standard InChI is InChI=1S/C8H11NO4/c1-13-8(12)7(11)6(10)4-5-2-3-9-5/h5,9H,2-4H2,1H3. The number of ketones is 2. The number of nitrogens with one attached hydrogen (secondary N) is 1. The molecule has 1 heterocycles. The van der Waals surface area contributed by atoms with E-state index < -0.39 is 17.5 Å². The van der Waals surface area contributed by atoms with Crippen LogP contribution in [0.5, 0.6) is 0 Å². The van der Waals surface area contributed by atoms with Gasteiger partial charge in [-0.1, -0.05) is 0 Å². The van der Waals surface area contributed by atoms with E-state index in [0.717, 1.165) is 20.1 Å². The minimum atomic E-state index is -1.08. The molecule has 5 heteroatoms. The molecule has 0 spiro atoms. The maximum absolute atomic E-state index is 11.1. The molecule has 1 rings (SSSR count). The van der Waals surface area contributed by atoms with Crippen LogP contribution in [0.3, 0.4) is 0 Å². The Bertz CT molecular complexity index is 245. The number of Topliss-reactive ketones (excluding diaryl/α,β-unsaturated/α-hetero) is 2. The molecule has 0 aromatic heterocycles. The lowest BCUT2D eigenvalue weighted by molar-refractivity contribution is -0.155. The van der Waals surface area contributed by atoms with E-state index >= 15 is 0 Å². The van der Waals surface area contributed by atoms with Gasteiger partial charge in [0.1, 0.15) is 0 Å². The lowest BCUT2D eigenvalue weighted by Gasteiger charge is -2.26. The van der Waals surface area contributed by atoms with Gasteiger partial charge in [-0.25, -0.2) is 4.79 Å². The molecule has 0 amide bonds. The lowest BCUT2D eigenvalue weighted by Crippen LogP contribution is -2.45. The van der Waals surface area contributed by atoms with Crippen molar-refractivity contribution in [3.63, 3.8) is 0 Å². The van der Waals surface area contributed by atoms with Crippen molar-refractivity contribution in [1.82, 2.24) is 5.32 Å². The maximum atomic E-state index is 11.1. The second-order valence-electron chi connectivity index (χ2n) is 2.89. The molecule has 0 aromatic rings. The topological polar surface area (TPSA) is 72.5 Å². The molecule has 1 N–H and O–H groups in total. The fraction of sp³-hybridized carbons (Fsp3) is 0.625. The molecule has 1 aliphatic rings. The summed E-state index contributed by atoms with van der Waals surface area (Å²) in [6.45, 7) is 0.865. The molecule has 0 aliphatic carbocycles. The lowest BCUT2D eigenvalue weighted by atomic mass is 9.99. The first-order valence-corrected chi connectivity index (χ1v) is 4.04. The van der Waals surface area contributed by atoms with Gasteiger partial charge in [-0.05, 0) is 13.0 Å². The number of carbonyl (C=O) groups is 3. The first-order valence-electron chi connectivity index (χ1n) is 4.04. The highest BCUT2D eigenvalue weighted by molar-refractivity contribution is 6.62. The van der Waals surface area contributed by atoms with E-state index in [1.807, 2.05) is 0 Å². The molecule has 0 radical (unpaired) electrons. The number of hydrogen-bond donors (Lipinski definition) is 1. The fourth-order valence-electron chi connectivity index (χ4n) is 1.05. The summed E-state index contributed by atoms with van der Waals surface area (Å²) in [5, 5.41) is 2.96.